The third-order valence-corrected chi connectivity index (χ3v) is 6.94. The highest BCUT2D eigenvalue weighted by atomic mass is 16.3. The second-order valence-corrected chi connectivity index (χ2v) is 9.45. The number of hydrogen-bond acceptors (Lipinski definition) is 5. The number of para-hydroxylation sites is 2. The Balaban J connectivity index is 1.18. The molecule has 2 aliphatic rings. The van der Waals surface area contributed by atoms with Crippen LogP contribution in [0.15, 0.2) is 72.8 Å². The van der Waals surface area contributed by atoms with Crippen molar-refractivity contribution in [1.29, 1.82) is 0 Å². The maximum Gasteiger partial charge on any atom is 0.261 e. The lowest BCUT2D eigenvalue weighted by Crippen LogP contribution is -2.42. The monoisotopic (exact) mass is 469 g/mol. The van der Waals surface area contributed by atoms with Gasteiger partial charge in [-0.25, -0.2) is 0 Å². The van der Waals surface area contributed by atoms with Crippen molar-refractivity contribution in [1.82, 2.24) is 9.80 Å². The van der Waals surface area contributed by atoms with Crippen LogP contribution in [0.1, 0.15) is 38.3 Å². The van der Waals surface area contributed by atoms with Gasteiger partial charge < -0.3 is 14.9 Å². The van der Waals surface area contributed by atoms with Gasteiger partial charge in [-0.05, 0) is 68.2 Å². The minimum absolute atomic E-state index is 0.00353. The van der Waals surface area contributed by atoms with E-state index in [0.717, 1.165) is 37.3 Å². The molecule has 1 N–H and O–H groups in total. The van der Waals surface area contributed by atoms with Crippen LogP contribution in [0.25, 0.3) is 0 Å². The first kappa shape index (κ1) is 23.3. The number of hydrogen-bond donors (Lipinski definition) is 1. The van der Waals surface area contributed by atoms with Crippen molar-refractivity contribution in [3.63, 3.8) is 0 Å². The molecule has 6 heteroatoms. The lowest BCUT2D eigenvalue weighted by molar-refractivity contribution is 0.0492. The van der Waals surface area contributed by atoms with E-state index in [-0.39, 0.29) is 18.4 Å². The van der Waals surface area contributed by atoms with Crippen LogP contribution in [0.5, 0.6) is 0 Å². The Morgan fingerprint density at radius 1 is 0.800 bits per heavy atom. The number of carbonyl (C=O) groups excluding carboxylic acids is 2. The largest absolute Gasteiger partial charge is 0.390 e. The first-order valence-corrected chi connectivity index (χ1v) is 12.3. The average Bonchev–Trinajstić information content (AvgIpc) is 3.01. The fourth-order valence-corrected chi connectivity index (χ4v) is 5.23. The number of aliphatic hydroxyl groups excluding tert-OH is 1. The zero-order chi connectivity index (χ0) is 24.4. The van der Waals surface area contributed by atoms with Gasteiger partial charge in [0, 0.05) is 24.5 Å². The zero-order valence-electron chi connectivity index (χ0n) is 20.1. The molecular weight excluding hydrogens is 438 g/mol. The van der Waals surface area contributed by atoms with Gasteiger partial charge in [-0.15, -0.1) is 0 Å². The van der Waals surface area contributed by atoms with Gasteiger partial charge >= 0.3 is 0 Å². The Kier molecular flexibility index (Phi) is 6.66. The summed E-state index contributed by atoms with van der Waals surface area (Å²) < 4.78 is 0. The molecule has 0 fully saturated rings. The number of β-amino-alcohol motifs (C(OH)–C–C–N with tert-alkyl or cyclic N) is 1. The highest BCUT2D eigenvalue weighted by Crippen LogP contribution is 2.35. The summed E-state index contributed by atoms with van der Waals surface area (Å²) in [5.74, 6) is -0.656. The van der Waals surface area contributed by atoms with E-state index in [9.17, 15) is 14.7 Å². The molecule has 0 radical (unpaired) electrons. The average molecular weight is 470 g/mol. The molecule has 1 unspecified atom stereocenters. The SMILES string of the molecule is CN(CCCN1c2ccccc2CCc2ccccc21)CC(O)CN1C(=O)c2ccccc2C1=O. The van der Waals surface area contributed by atoms with E-state index in [1.54, 1.807) is 24.3 Å². The molecule has 5 rings (SSSR count). The van der Waals surface area contributed by atoms with Crippen molar-refractivity contribution in [2.75, 3.05) is 38.1 Å². The maximum absolute atomic E-state index is 12.6. The fourth-order valence-electron chi connectivity index (χ4n) is 5.23. The lowest BCUT2D eigenvalue weighted by Gasteiger charge is -2.28. The van der Waals surface area contributed by atoms with Gasteiger partial charge in [-0.3, -0.25) is 14.5 Å². The first-order chi connectivity index (χ1) is 17.0. The Hall–Kier alpha value is -3.48. The number of benzene rings is 3. The molecule has 1 atom stereocenters. The molecule has 0 aromatic heterocycles. The molecule has 35 heavy (non-hydrogen) atoms. The van der Waals surface area contributed by atoms with E-state index in [1.807, 2.05) is 7.05 Å². The summed E-state index contributed by atoms with van der Waals surface area (Å²) >= 11 is 0. The quantitative estimate of drug-likeness (QED) is 0.507. The van der Waals surface area contributed by atoms with Crippen molar-refractivity contribution in [3.05, 3.63) is 95.1 Å². The molecule has 2 heterocycles. The number of fused-ring (bicyclic) bond motifs is 3. The number of likely N-dealkylation sites (N-methyl/N-ethyl adjacent to an activating group) is 1. The summed E-state index contributed by atoms with van der Waals surface area (Å²) in [5.41, 5.74) is 6.10. The van der Waals surface area contributed by atoms with Gasteiger partial charge in [0.25, 0.3) is 11.8 Å². The first-order valence-electron chi connectivity index (χ1n) is 12.3. The predicted molar refractivity (Wildman–Crippen MR) is 137 cm³/mol. The van der Waals surface area contributed by atoms with Gasteiger partial charge in [0.05, 0.1) is 23.8 Å². The summed E-state index contributed by atoms with van der Waals surface area (Å²) in [6, 6.07) is 24.1. The molecule has 0 spiro atoms. The molecular formula is C29H31N3O3. The standard InChI is InChI=1S/C29H31N3O3/c1-30(19-23(33)20-32-28(34)24-11-4-5-12-25(24)29(32)35)17-8-18-31-26-13-6-2-9-21(26)15-16-22-10-3-7-14-27(22)31/h2-7,9-14,23,33H,8,15-20H2,1H3. The number of rotatable bonds is 8. The molecule has 0 aliphatic carbocycles. The minimum Gasteiger partial charge on any atom is -0.390 e. The summed E-state index contributed by atoms with van der Waals surface area (Å²) in [4.78, 5) is 30.8. The number of amides is 2. The van der Waals surface area contributed by atoms with Crippen LogP contribution in [0.4, 0.5) is 11.4 Å². The van der Waals surface area contributed by atoms with Crippen LogP contribution in [0.3, 0.4) is 0 Å². The van der Waals surface area contributed by atoms with E-state index in [0.29, 0.717) is 17.7 Å². The molecule has 0 bridgehead atoms. The van der Waals surface area contributed by atoms with Crippen LogP contribution in [-0.2, 0) is 12.8 Å². The number of nitrogens with zero attached hydrogens (tertiary/aromatic N) is 3. The van der Waals surface area contributed by atoms with E-state index >= 15 is 0 Å². The van der Waals surface area contributed by atoms with E-state index in [1.165, 1.54) is 22.5 Å². The van der Waals surface area contributed by atoms with E-state index in [2.05, 4.69) is 58.3 Å². The smallest absolute Gasteiger partial charge is 0.261 e. The van der Waals surface area contributed by atoms with Gasteiger partial charge in [-0.2, -0.15) is 0 Å². The van der Waals surface area contributed by atoms with Crippen molar-refractivity contribution in [2.45, 2.75) is 25.4 Å². The topological polar surface area (TPSA) is 64.1 Å². The summed E-state index contributed by atoms with van der Waals surface area (Å²) in [6.07, 6.45) is 2.18. The van der Waals surface area contributed by atoms with Crippen molar-refractivity contribution >= 4 is 23.2 Å². The molecule has 6 nitrogen and oxygen atoms in total. The zero-order valence-corrected chi connectivity index (χ0v) is 20.1. The van der Waals surface area contributed by atoms with Crippen molar-refractivity contribution < 1.29 is 14.7 Å². The second-order valence-electron chi connectivity index (χ2n) is 9.45. The van der Waals surface area contributed by atoms with Crippen molar-refractivity contribution in [2.24, 2.45) is 0 Å². The third-order valence-electron chi connectivity index (χ3n) is 6.94. The summed E-state index contributed by atoms with van der Waals surface area (Å²) in [7, 11) is 1.97. The highest BCUT2D eigenvalue weighted by Gasteiger charge is 2.36. The summed E-state index contributed by atoms with van der Waals surface area (Å²) in [6.45, 7) is 2.05. The van der Waals surface area contributed by atoms with Gasteiger partial charge in [-0.1, -0.05) is 48.5 Å². The number of anilines is 2. The molecule has 3 aromatic carbocycles. The van der Waals surface area contributed by atoms with E-state index < -0.39 is 6.10 Å². The maximum atomic E-state index is 12.6. The fraction of sp³-hybridized carbons (Fsp3) is 0.310. The number of aliphatic hydroxyl groups is 1. The number of carbonyl (C=O) groups is 2. The van der Waals surface area contributed by atoms with Gasteiger partial charge in [0.15, 0.2) is 0 Å². The normalized spacial score (nSPS) is 15.6. The number of aryl methyl sites for hydroxylation is 2. The minimum atomic E-state index is -0.804. The Labute approximate surface area is 206 Å². The number of imide groups is 1. The highest BCUT2D eigenvalue weighted by molar-refractivity contribution is 6.21. The van der Waals surface area contributed by atoms with Crippen molar-refractivity contribution in [3.8, 4) is 0 Å². The Morgan fingerprint density at radius 3 is 1.89 bits per heavy atom. The molecule has 180 valence electrons. The van der Waals surface area contributed by atoms with Crippen LogP contribution in [0.2, 0.25) is 0 Å². The molecule has 2 aliphatic heterocycles. The Bertz CT molecular complexity index is 1160. The van der Waals surface area contributed by atoms with Gasteiger partial charge in [0.2, 0.25) is 0 Å². The van der Waals surface area contributed by atoms with Crippen LogP contribution >= 0.6 is 0 Å². The van der Waals surface area contributed by atoms with Crippen LogP contribution in [-0.4, -0.2) is 66.1 Å². The molecule has 0 saturated carbocycles. The summed E-state index contributed by atoms with van der Waals surface area (Å²) in [5, 5.41) is 10.6. The Morgan fingerprint density at radius 2 is 1.31 bits per heavy atom. The van der Waals surface area contributed by atoms with Gasteiger partial charge in [0.1, 0.15) is 0 Å². The second kappa shape index (κ2) is 10.0. The lowest BCUT2D eigenvalue weighted by atomic mass is 10.0. The molecule has 0 saturated heterocycles. The molecule has 2 amide bonds. The van der Waals surface area contributed by atoms with Crippen LogP contribution in [0, 0.1) is 0 Å². The van der Waals surface area contributed by atoms with E-state index in [4.69, 9.17) is 0 Å². The third kappa shape index (κ3) is 4.72. The predicted octanol–water partition coefficient (Wildman–Crippen LogP) is 3.90. The molecule has 3 aromatic rings. The van der Waals surface area contributed by atoms with Crippen LogP contribution < -0.4 is 4.90 Å².